The molecular formula is C17H24N2O4S. The van der Waals surface area contributed by atoms with E-state index in [1.807, 2.05) is 32.9 Å². The molecule has 0 unspecified atom stereocenters. The number of hydrogen-bond acceptors (Lipinski definition) is 4. The summed E-state index contributed by atoms with van der Waals surface area (Å²) in [5.74, 6) is -2.15. The third-order valence-electron chi connectivity index (χ3n) is 3.81. The number of aryl methyl sites for hydroxylation is 1. The maximum atomic E-state index is 12.7. The lowest BCUT2D eigenvalue weighted by Gasteiger charge is -2.31. The normalized spacial score (nSPS) is 13.2. The van der Waals surface area contributed by atoms with Gasteiger partial charge in [-0.1, -0.05) is 32.0 Å². The molecule has 1 aromatic rings. The highest BCUT2D eigenvalue weighted by atomic mass is 32.1. The number of amides is 2. The zero-order chi connectivity index (χ0) is 18.4. The van der Waals surface area contributed by atoms with E-state index in [2.05, 4.69) is 17.9 Å². The Labute approximate surface area is 147 Å². The Morgan fingerprint density at radius 2 is 1.83 bits per heavy atom. The number of benzene rings is 1. The number of carboxylic acids is 1. The van der Waals surface area contributed by atoms with Gasteiger partial charge >= 0.3 is 5.97 Å². The number of aliphatic carboxylic acids is 1. The molecule has 7 heteroatoms. The summed E-state index contributed by atoms with van der Waals surface area (Å²) in [7, 11) is 1.55. The number of carboxylic acid groups (broad SMARTS) is 1. The first-order chi connectivity index (χ1) is 11.2. The van der Waals surface area contributed by atoms with Crippen molar-refractivity contribution < 1.29 is 19.5 Å². The van der Waals surface area contributed by atoms with Gasteiger partial charge in [0.25, 0.3) is 5.91 Å². The summed E-state index contributed by atoms with van der Waals surface area (Å²) in [6.07, 6.45) is 0. The number of rotatable bonds is 7. The number of carbonyl (C=O) groups is 3. The van der Waals surface area contributed by atoms with Crippen molar-refractivity contribution in [2.24, 2.45) is 5.92 Å². The first kappa shape index (κ1) is 20.0. The lowest BCUT2D eigenvalue weighted by molar-refractivity contribution is -0.142. The Morgan fingerprint density at radius 1 is 1.25 bits per heavy atom. The van der Waals surface area contributed by atoms with Gasteiger partial charge in [-0.3, -0.25) is 9.59 Å². The molecule has 1 rings (SSSR count). The molecule has 6 nitrogen and oxygen atoms in total. The molecule has 24 heavy (non-hydrogen) atoms. The fourth-order valence-electron chi connectivity index (χ4n) is 2.50. The van der Waals surface area contributed by atoms with Crippen molar-refractivity contribution in [3.05, 3.63) is 35.4 Å². The molecule has 0 spiro atoms. The minimum absolute atomic E-state index is 0.0264. The molecule has 0 aliphatic rings. The van der Waals surface area contributed by atoms with Crippen LogP contribution in [0.3, 0.4) is 0 Å². The van der Waals surface area contributed by atoms with Gasteiger partial charge in [0.05, 0.1) is 0 Å². The highest BCUT2D eigenvalue weighted by molar-refractivity contribution is 7.80. The van der Waals surface area contributed by atoms with Crippen molar-refractivity contribution >= 4 is 30.4 Å². The smallest absolute Gasteiger partial charge is 0.327 e. The number of carbonyl (C=O) groups excluding carboxylic acids is 2. The molecule has 0 aliphatic heterocycles. The fourth-order valence-corrected chi connectivity index (χ4v) is 2.75. The zero-order valence-electron chi connectivity index (χ0n) is 14.3. The van der Waals surface area contributed by atoms with Crippen molar-refractivity contribution in [2.75, 3.05) is 12.8 Å². The van der Waals surface area contributed by atoms with Crippen molar-refractivity contribution in [3.63, 3.8) is 0 Å². The van der Waals surface area contributed by atoms with E-state index in [0.717, 1.165) is 5.56 Å². The molecule has 132 valence electrons. The molecule has 0 saturated heterocycles. The van der Waals surface area contributed by atoms with Gasteiger partial charge in [-0.25, -0.2) is 4.79 Å². The Morgan fingerprint density at radius 3 is 2.29 bits per heavy atom. The quantitative estimate of drug-likeness (QED) is 0.651. The number of likely N-dealkylation sites (N-methyl/N-ethyl adjacent to an activating group) is 1. The average Bonchev–Trinajstić information content (AvgIpc) is 2.51. The maximum Gasteiger partial charge on any atom is 0.327 e. The van der Waals surface area contributed by atoms with Crippen LogP contribution in [-0.2, 0) is 9.59 Å². The molecule has 1 aromatic carbocycles. The van der Waals surface area contributed by atoms with Crippen LogP contribution < -0.4 is 5.32 Å². The maximum absolute atomic E-state index is 12.7. The number of nitrogens with one attached hydrogen (secondary N) is 1. The van der Waals surface area contributed by atoms with Gasteiger partial charge in [0.2, 0.25) is 5.91 Å². The molecular weight excluding hydrogens is 328 g/mol. The SMILES string of the molecule is Cc1ccccc1C(=O)N(C)[C@H](C(=O)N[C@@H](CS)C(=O)O)C(C)C. The predicted molar refractivity (Wildman–Crippen MR) is 95.3 cm³/mol. The van der Waals surface area contributed by atoms with E-state index in [4.69, 9.17) is 5.11 Å². The van der Waals surface area contributed by atoms with Crippen LogP contribution in [0.5, 0.6) is 0 Å². The lowest BCUT2D eigenvalue weighted by atomic mass is 9.99. The number of nitrogens with zero attached hydrogens (tertiary/aromatic N) is 1. The molecule has 2 N–H and O–H groups in total. The van der Waals surface area contributed by atoms with Gasteiger partial charge in [0.15, 0.2) is 0 Å². The first-order valence-electron chi connectivity index (χ1n) is 7.67. The molecule has 0 saturated carbocycles. The van der Waals surface area contributed by atoms with Crippen LogP contribution in [-0.4, -0.2) is 52.7 Å². The summed E-state index contributed by atoms with van der Waals surface area (Å²) < 4.78 is 0. The second kappa shape index (κ2) is 8.73. The van der Waals surface area contributed by atoms with Crippen LogP contribution in [0.1, 0.15) is 29.8 Å². The van der Waals surface area contributed by atoms with Crippen molar-refractivity contribution in [1.29, 1.82) is 0 Å². The van der Waals surface area contributed by atoms with E-state index in [-0.39, 0.29) is 17.6 Å². The van der Waals surface area contributed by atoms with E-state index >= 15 is 0 Å². The minimum Gasteiger partial charge on any atom is -0.480 e. The Kier molecular flexibility index (Phi) is 7.28. The van der Waals surface area contributed by atoms with Gasteiger partial charge in [-0.15, -0.1) is 0 Å². The van der Waals surface area contributed by atoms with Gasteiger partial charge in [-0.05, 0) is 24.5 Å². The van der Waals surface area contributed by atoms with Gasteiger partial charge < -0.3 is 15.3 Å². The molecule has 0 aromatic heterocycles. The number of hydrogen-bond donors (Lipinski definition) is 3. The average molecular weight is 352 g/mol. The summed E-state index contributed by atoms with van der Waals surface area (Å²) in [5.41, 5.74) is 1.33. The lowest BCUT2D eigenvalue weighted by Crippen LogP contribution is -2.54. The van der Waals surface area contributed by atoms with Gasteiger partial charge in [0, 0.05) is 18.4 Å². The van der Waals surface area contributed by atoms with E-state index in [1.165, 1.54) is 4.90 Å². The van der Waals surface area contributed by atoms with Crippen molar-refractivity contribution in [2.45, 2.75) is 32.9 Å². The van der Waals surface area contributed by atoms with Crippen LogP contribution in [0.4, 0.5) is 0 Å². The molecule has 0 aliphatic carbocycles. The van der Waals surface area contributed by atoms with Crippen LogP contribution in [0.2, 0.25) is 0 Å². The largest absolute Gasteiger partial charge is 0.480 e. The molecule has 2 atom stereocenters. The highest BCUT2D eigenvalue weighted by Crippen LogP contribution is 2.16. The molecule has 0 fully saturated rings. The zero-order valence-corrected chi connectivity index (χ0v) is 15.2. The van der Waals surface area contributed by atoms with Crippen molar-refractivity contribution in [1.82, 2.24) is 10.2 Å². The van der Waals surface area contributed by atoms with Crippen LogP contribution >= 0.6 is 12.6 Å². The molecule has 0 heterocycles. The summed E-state index contributed by atoms with van der Waals surface area (Å²) >= 11 is 3.94. The summed E-state index contributed by atoms with van der Waals surface area (Å²) in [5, 5.41) is 11.5. The summed E-state index contributed by atoms with van der Waals surface area (Å²) in [4.78, 5) is 37.7. The molecule has 0 bridgehead atoms. The van der Waals surface area contributed by atoms with Crippen LogP contribution in [0, 0.1) is 12.8 Å². The molecule has 0 radical (unpaired) electrons. The Bertz CT molecular complexity index is 618. The van der Waals surface area contributed by atoms with E-state index in [1.54, 1.807) is 19.2 Å². The minimum atomic E-state index is -1.16. The topological polar surface area (TPSA) is 86.7 Å². The molecule has 2 amide bonds. The second-order valence-electron chi connectivity index (χ2n) is 6.00. The standard InChI is InChI=1S/C17H24N2O4S/c1-10(2)14(15(20)18-13(9-24)17(22)23)19(4)16(21)12-8-6-5-7-11(12)3/h5-8,10,13-14,24H,9H2,1-4H3,(H,18,20)(H,22,23)/t13-,14-/m0/s1. The summed E-state index contributed by atoms with van der Waals surface area (Å²) in [6.45, 7) is 5.44. The van der Waals surface area contributed by atoms with Gasteiger partial charge in [-0.2, -0.15) is 12.6 Å². The summed E-state index contributed by atoms with van der Waals surface area (Å²) in [6, 6.07) is 5.26. The van der Waals surface area contributed by atoms with Gasteiger partial charge in [0.1, 0.15) is 12.1 Å². The third kappa shape index (κ3) is 4.74. The highest BCUT2D eigenvalue weighted by Gasteiger charge is 2.32. The predicted octanol–water partition coefficient (Wildman–Crippen LogP) is 1.59. The third-order valence-corrected chi connectivity index (χ3v) is 4.18. The Balaban J connectivity index is 3.02. The van der Waals surface area contributed by atoms with E-state index in [9.17, 15) is 14.4 Å². The first-order valence-corrected chi connectivity index (χ1v) is 8.30. The van der Waals surface area contributed by atoms with Crippen molar-refractivity contribution in [3.8, 4) is 0 Å². The second-order valence-corrected chi connectivity index (χ2v) is 6.37. The number of thiol groups is 1. The Hall–Kier alpha value is -2.02. The van der Waals surface area contributed by atoms with Crippen LogP contribution in [0.25, 0.3) is 0 Å². The van der Waals surface area contributed by atoms with E-state index in [0.29, 0.717) is 5.56 Å². The fraction of sp³-hybridized carbons (Fsp3) is 0.471. The van der Waals surface area contributed by atoms with Crippen LogP contribution in [0.15, 0.2) is 24.3 Å². The monoisotopic (exact) mass is 352 g/mol. The van der Waals surface area contributed by atoms with E-state index < -0.39 is 24.0 Å².